The Morgan fingerprint density at radius 1 is 0.274 bits per heavy atom. The average molecular weight is 1300 g/mol. The van der Waals surface area contributed by atoms with E-state index in [1.165, 1.54) is 0 Å². The lowest BCUT2D eigenvalue weighted by molar-refractivity contribution is -0.0114. The van der Waals surface area contributed by atoms with Crippen molar-refractivity contribution < 1.29 is 80.5 Å². The van der Waals surface area contributed by atoms with Crippen LogP contribution in [0.4, 0.5) is 0 Å². The van der Waals surface area contributed by atoms with Crippen LogP contribution in [0, 0.1) is 0 Å². The van der Waals surface area contributed by atoms with Crippen molar-refractivity contribution in [3.05, 3.63) is 278 Å². The van der Waals surface area contributed by atoms with Gasteiger partial charge in [-0.25, -0.2) is 0 Å². The molecule has 17 nitrogen and oxygen atoms in total. The van der Waals surface area contributed by atoms with E-state index >= 15 is 0 Å². The van der Waals surface area contributed by atoms with Crippen LogP contribution in [0.15, 0.2) is 267 Å². The van der Waals surface area contributed by atoms with E-state index in [2.05, 4.69) is 0 Å². The molecule has 17 heteroatoms. The van der Waals surface area contributed by atoms with Gasteiger partial charge in [-0.05, 0) is 95.1 Å². The highest BCUT2D eigenvalue weighted by atomic mass is 16.6. The molecular formula is C78H94O17. The third-order valence-electron chi connectivity index (χ3n) is 12.9. The molecule has 508 valence electrons. The van der Waals surface area contributed by atoms with Gasteiger partial charge in [0.1, 0.15) is 75.9 Å². The van der Waals surface area contributed by atoms with E-state index in [1.54, 1.807) is 25.0 Å². The summed E-state index contributed by atoms with van der Waals surface area (Å²) in [6.07, 6.45) is 25.0. The van der Waals surface area contributed by atoms with Crippen molar-refractivity contribution in [3.8, 4) is 23.0 Å². The SMILES string of the molecule is C(=CC(COCCOc1ccccc1)OCCOC=Cc1ccccc1)C=C(C=COCCOCCOCCOc1ccccc1)COCC(C=COCCOCCOCCOc1ccccc1)=CC=CC(COCCOc1ccccc1)OCCOC=Cc1ccccc1. The van der Waals surface area contributed by atoms with E-state index < -0.39 is 12.2 Å². The lowest BCUT2D eigenvalue weighted by atomic mass is 10.2. The molecule has 0 saturated heterocycles. The second kappa shape index (κ2) is 53.6. The van der Waals surface area contributed by atoms with E-state index in [0.29, 0.717) is 132 Å². The first-order valence-electron chi connectivity index (χ1n) is 32.2. The summed E-state index contributed by atoms with van der Waals surface area (Å²) in [5.74, 6) is 3.16. The molecule has 0 fully saturated rings. The monoisotopic (exact) mass is 1300 g/mol. The third kappa shape index (κ3) is 40.2. The molecule has 0 saturated carbocycles. The average Bonchev–Trinajstić information content (AvgIpc) is 3.81. The van der Waals surface area contributed by atoms with Gasteiger partial charge in [-0.2, -0.15) is 0 Å². The summed E-state index contributed by atoms with van der Waals surface area (Å²) in [6, 6.07) is 58.5. The molecule has 0 N–H and O–H groups in total. The molecule has 6 rings (SSSR count). The first-order chi connectivity index (χ1) is 47.2. The number of hydrogen-bond acceptors (Lipinski definition) is 17. The molecular weight excluding hydrogens is 1210 g/mol. The molecule has 2 atom stereocenters. The van der Waals surface area contributed by atoms with Crippen molar-refractivity contribution in [2.75, 3.05) is 159 Å². The van der Waals surface area contributed by atoms with Crippen LogP contribution in [-0.2, 0) is 61.6 Å². The lowest BCUT2D eigenvalue weighted by Crippen LogP contribution is -2.21. The minimum absolute atomic E-state index is 0.208. The van der Waals surface area contributed by atoms with Crippen molar-refractivity contribution in [2.24, 2.45) is 0 Å². The molecule has 0 spiro atoms. The fourth-order valence-electron chi connectivity index (χ4n) is 8.13. The van der Waals surface area contributed by atoms with Gasteiger partial charge in [0.2, 0.25) is 0 Å². The van der Waals surface area contributed by atoms with E-state index in [-0.39, 0.29) is 26.4 Å². The number of benzene rings is 6. The highest BCUT2D eigenvalue weighted by molar-refractivity contribution is 5.48. The molecule has 0 heterocycles. The van der Waals surface area contributed by atoms with Gasteiger partial charge in [-0.3, -0.25) is 0 Å². The zero-order valence-corrected chi connectivity index (χ0v) is 54.5. The molecule has 2 unspecified atom stereocenters. The maximum Gasteiger partial charge on any atom is 0.119 e. The Morgan fingerprint density at radius 3 is 0.905 bits per heavy atom. The summed E-state index contributed by atoms with van der Waals surface area (Å²) in [5.41, 5.74) is 3.69. The molecule has 0 aliphatic heterocycles. The fourth-order valence-corrected chi connectivity index (χ4v) is 8.13. The predicted molar refractivity (Wildman–Crippen MR) is 370 cm³/mol. The topological polar surface area (TPSA) is 157 Å². The van der Waals surface area contributed by atoms with Gasteiger partial charge in [0, 0.05) is 0 Å². The molecule has 6 aromatic rings. The van der Waals surface area contributed by atoms with Gasteiger partial charge >= 0.3 is 0 Å². The zero-order chi connectivity index (χ0) is 65.9. The Hall–Kier alpha value is -8.72. The van der Waals surface area contributed by atoms with Crippen LogP contribution >= 0.6 is 0 Å². The Morgan fingerprint density at radius 2 is 0.558 bits per heavy atom. The van der Waals surface area contributed by atoms with Gasteiger partial charge in [0.05, 0.1) is 143 Å². The second-order valence-electron chi connectivity index (χ2n) is 20.3. The number of para-hydroxylation sites is 4. The molecule has 0 aliphatic rings. The van der Waals surface area contributed by atoms with Crippen molar-refractivity contribution in [1.29, 1.82) is 0 Å². The largest absolute Gasteiger partial charge is 0.499 e. The first kappa shape index (κ1) is 75.3. The molecule has 0 aromatic heterocycles. The van der Waals surface area contributed by atoms with E-state index in [4.69, 9.17) is 80.5 Å². The zero-order valence-electron chi connectivity index (χ0n) is 54.5. The van der Waals surface area contributed by atoms with Gasteiger partial charge < -0.3 is 80.5 Å². The van der Waals surface area contributed by atoms with Crippen molar-refractivity contribution >= 4 is 12.2 Å². The third-order valence-corrected chi connectivity index (χ3v) is 12.9. The molecule has 0 radical (unpaired) electrons. The molecule has 0 bridgehead atoms. The second-order valence-corrected chi connectivity index (χ2v) is 20.3. The summed E-state index contributed by atoms with van der Waals surface area (Å²) in [7, 11) is 0. The predicted octanol–water partition coefficient (Wildman–Crippen LogP) is 13.6. The summed E-state index contributed by atoms with van der Waals surface area (Å²) >= 11 is 0. The highest BCUT2D eigenvalue weighted by Gasteiger charge is 2.09. The number of hydrogen-bond donors (Lipinski definition) is 0. The summed E-state index contributed by atoms with van der Waals surface area (Å²) in [4.78, 5) is 0. The molecule has 0 aliphatic carbocycles. The van der Waals surface area contributed by atoms with Crippen molar-refractivity contribution in [2.45, 2.75) is 12.2 Å². The van der Waals surface area contributed by atoms with Gasteiger partial charge in [-0.1, -0.05) is 170 Å². The molecule has 6 aromatic carbocycles. The van der Waals surface area contributed by atoms with Crippen LogP contribution in [0.1, 0.15) is 11.1 Å². The smallest absolute Gasteiger partial charge is 0.119 e. The summed E-state index contributed by atoms with van der Waals surface area (Å²) < 4.78 is 101. The van der Waals surface area contributed by atoms with Gasteiger partial charge in [0.25, 0.3) is 0 Å². The fraction of sp³-hybridized carbons (Fsp3) is 0.333. The van der Waals surface area contributed by atoms with E-state index in [0.717, 1.165) is 45.3 Å². The number of ether oxygens (including phenoxy) is 17. The maximum atomic E-state index is 6.45. The summed E-state index contributed by atoms with van der Waals surface area (Å²) in [6.45, 7) is 8.69. The van der Waals surface area contributed by atoms with Crippen LogP contribution in [-0.4, -0.2) is 171 Å². The van der Waals surface area contributed by atoms with E-state index in [9.17, 15) is 0 Å². The standard InChI is InChI=1S/C78H94O17/c1-7-21-69(22-8-1)37-41-81-53-61-94-77(67-87-57-63-92-75-31-15-5-16-32-75)35-19-25-71(39-43-79-45-47-83-49-51-85-55-59-90-73-27-11-3-12-28-73)65-89-66-72(40-44-80-46-48-84-50-52-86-56-60-91-74-29-13-4-14-30-74)26-20-36-78(68-88-58-64-93-76-33-17-6-18-34-76)95-62-54-82-42-38-70-23-9-2-10-24-70/h1-44,77-78H,45-68H2. The van der Waals surface area contributed by atoms with Crippen LogP contribution in [0.3, 0.4) is 0 Å². The highest BCUT2D eigenvalue weighted by Crippen LogP contribution is 2.13. The maximum absolute atomic E-state index is 6.45. The quantitative estimate of drug-likeness (QED) is 0.0202. The van der Waals surface area contributed by atoms with Crippen molar-refractivity contribution in [3.63, 3.8) is 0 Å². The van der Waals surface area contributed by atoms with Crippen LogP contribution in [0.25, 0.3) is 12.2 Å². The minimum Gasteiger partial charge on any atom is -0.499 e. The first-order valence-corrected chi connectivity index (χ1v) is 32.2. The Labute approximate surface area is 561 Å². The minimum atomic E-state index is -0.412. The Balaban J connectivity index is 1.08. The van der Waals surface area contributed by atoms with Crippen LogP contribution < -0.4 is 18.9 Å². The Bertz CT molecular complexity index is 2810. The van der Waals surface area contributed by atoms with Gasteiger partial charge in [0.15, 0.2) is 0 Å². The number of rotatable bonds is 56. The number of allylic oxidation sites excluding steroid dienone is 4. The van der Waals surface area contributed by atoms with Crippen molar-refractivity contribution in [1.82, 2.24) is 0 Å². The summed E-state index contributed by atoms with van der Waals surface area (Å²) in [5, 5.41) is 0. The molecule has 95 heavy (non-hydrogen) atoms. The van der Waals surface area contributed by atoms with Crippen LogP contribution in [0.2, 0.25) is 0 Å². The van der Waals surface area contributed by atoms with Gasteiger partial charge in [-0.15, -0.1) is 0 Å². The van der Waals surface area contributed by atoms with Crippen LogP contribution in [0.5, 0.6) is 23.0 Å². The van der Waals surface area contributed by atoms with E-state index in [1.807, 2.05) is 243 Å². The molecule has 0 amide bonds. The lowest BCUT2D eigenvalue weighted by Gasteiger charge is -2.15. The normalized spacial score (nSPS) is 12.8. The Kier molecular flexibility index (Phi) is 42.5.